The largest absolute Gasteiger partial charge is 0.418 e. The minimum absolute atomic E-state index is 0.114. The molecule has 1 spiro atoms. The van der Waals surface area contributed by atoms with Crippen molar-refractivity contribution in [2.24, 2.45) is 0 Å². The van der Waals surface area contributed by atoms with Gasteiger partial charge in [-0.3, -0.25) is 14.5 Å². The van der Waals surface area contributed by atoms with E-state index in [1.54, 1.807) is 4.90 Å². The molecule has 2 aromatic heterocycles. The van der Waals surface area contributed by atoms with Gasteiger partial charge in [0, 0.05) is 6.54 Å². The molecule has 1 aromatic carbocycles. The second-order valence-corrected chi connectivity index (χ2v) is 9.48. The number of hydrogen-bond donors (Lipinski definition) is 1. The first-order valence-electron chi connectivity index (χ1n) is 11.4. The third kappa shape index (κ3) is 3.87. The van der Waals surface area contributed by atoms with Crippen LogP contribution < -0.4 is 5.32 Å². The minimum atomic E-state index is -1.09. The van der Waals surface area contributed by atoms with Crippen LogP contribution in [0, 0.1) is 0 Å². The summed E-state index contributed by atoms with van der Waals surface area (Å²) in [5.74, 6) is -0.00410. The lowest BCUT2D eigenvalue weighted by Gasteiger charge is -2.33. The molecule has 1 atom stereocenters. The topological polar surface area (TPSA) is 109 Å². The zero-order valence-corrected chi connectivity index (χ0v) is 19.6. The average Bonchev–Trinajstić information content (AvgIpc) is 3.57. The number of benzene rings is 1. The molecule has 1 fully saturated rings. The number of nitrogens with zero attached hydrogens (tertiary/aromatic N) is 4. The fourth-order valence-electron chi connectivity index (χ4n) is 4.73. The fourth-order valence-corrected chi connectivity index (χ4v) is 5.38. The van der Waals surface area contributed by atoms with Crippen LogP contribution in [0.5, 0.6) is 0 Å². The normalized spacial score (nSPS) is 19.4. The molecule has 0 radical (unpaired) electrons. The summed E-state index contributed by atoms with van der Waals surface area (Å²) in [7, 11) is 0. The SMILES string of the molecule is CCCN(Cc1nnc(-c2cccs2)o1)C(=O)CN1C(=O)N[C@]2(CCCc3ccccc32)C1=O. The molecule has 1 saturated heterocycles. The van der Waals surface area contributed by atoms with Crippen molar-refractivity contribution in [2.75, 3.05) is 13.1 Å². The number of nitrogens with one attached hydrogen (secondary N) is 1. The number of hydrogen-bond acceptors (Lipinski definition) is 7. The lowest BCUT2D eigenvalue weighted by Crippen LogP contribution is -2.47. The number of rotatable bonds is 7. The van der Waals surface area contributed by atoms with E-state index < -0.39 is 11.6 Å². The highest BCUT2D eigenvalue weighted by atomic mass is 32.1. The van der Waals surface area contributed by atoms with Gasteiger partial charge in [-0.2, -0.15) is 0 Å². The smallest absolute Gasteiger partial charge is 0.325 e. The van der Waals surface area contributed by atoms with E-state index in [1.807, 2.05) is 48.7 Å². The molecule has 3 heterocycles. The van der Waals surface area contributed by atoms with Crippen LogP contribution in [0.15, 0.2) is 46.2 Å². The quantitative estimate of drug-likeness (QED) is 0.521. The second kappa shape index (κ2) is 9.02. The molecule has 34 heavy (non-hydrogen) atoms. The highest BCUT2D eigenvalue weighted by Gasteiger charge is 2.54. The van der Waals surface area contributed by atoms with E-state index in [2.05, 4.69) is 15.5 Å². The first kappa shape index (κ1) is 22.3. The summed E-state index contributed by atoms with van der Waals surface area (Å²) in [6.07, 6.45) is 2.87. The monoisotopic (exact) mass is 479 g/mol. The van der Waals surface area contributed by atoms with E-state index in [9.17, 15) is 14.4 Å². The highest BCUT2D eigenvalue weighted by molar-refractivity contribution is 7.13. The standard InChI is InChI=1S/C24H25N5O4S/c1-2-12-28(14-19-26-27-21(33-19)18-10-6-13-34-18)20(30)15-29-22(31)24(25-23(29)32)11-5-8-16-7-3-4-9-17(16)24/h3-4,6-7,9-10,13H,2,5,8,11-12,14-15H2,1H3,(H,25,32)/t24-/m0/s1. The van der Waals surface area contributed by atoms with Gasteiger partial charge in [-0.25, -0.2) is 4.79 Å². The number of thiophene rings is 1. The van der Waals surface area contributed by atoms with Crippen LogP contribution in [0.2, 0.25) is 0 Å². The number of carbonyl (C=O) groups excluding carboxylic acids is 3. The summed E-state index contributed by atoms with van der Waals surface area (Å²) in [4.78, 5) is 43.0. The van der Waals surface area contributed by atoms with Crippen LogP contribution in [0.3, 0.4) is 0 Å². The van der Waals surface area contributed by atoms with E-state index in [0.717, 1.165) is 33.7 Å². The minimum Gasteiger partial charge on any atom is -0.418 e. The molecular weight excluding hydrogens is 454 g/mol. The van der Waals surface area contributed by atoms with E-state index in [1.165, 1.54) is 11.3 Å². The number of fused-ring (bicyclic) bond motifs is 2. The van der Waals surface area contributed by atoms with Crippen molar-refractivity contribution >= 4 is 29.2 Å². The molecule has 0 bridgehead atoms. The molecule has 9 nitrogen and oxygen atoms in total. The van der Waals surface area contributed by atoms with Crippen LogP contribution in [-0.4, -0.2) is 50.9 Å². The lowest BCUT2D eigenvalue weighted by molar-refractivity contribution is -0.140. The van der Waals surface area contributed by atoms with Gasteiger partial charge in [0.1, 0.15) is 12.1 Å². The van der Waals surface area contributed by atoms with Crippen molar-refractivity contribution in [3.63, 3.8) is 0 Å². The molecule has 0 unspecified atom stereocenters. The van der Waals surface area contributed by atoms with Gasteiger partial charge in [0.25, 0.3) is 11.8 Å². The summed E-state index contributed by atoms with van der Waals surface area (Å²) >= 11 is 1.49. The maximum Gasteiger partial charge on any atom is 0.325 e. The Morgan fingerprint density at radius 3 is 2.88 bits per heavy atom. The van der Waals surface area contributed by atoms with Gasteiger partial charge < -0.3 is 14.6 Å². The Hall–Kier alpha value is -3.53. The molecule has 1 N–H and O–H groups in total. The molecule has 1 aliphatic heterocycles. The van der Waals surface area contributed by atoms with Crippen LogP contribution in [0.25, 0.3) is 10.8 Å². The van der Waals surface area contributed by atoms with Gasteiger partial charge in [0.05, 0.1) is 11.4 Å². The Morgan fingerprint density at radius 2 is 2.09 bits per heavy atom. The summed E-state index contributed by atoms with van der Waals surface area (Å²) < 4.78 is 5.73. The molecule has 10 heteroatoms. The van der Waals surface area contributed by atoms with Crippen molar-refractivity contribution in [1.82, 2.24) is 25.3 Å². The zero-order valence-electron chi connectivity index (χ0n) is 18.8. The van der Waals surface area contributed by atoms with E-state index in [0.29, 0.717) is 31.2 Å². The lowest BCUT2D eigenvalue weighted by atomic mass is 9.76. The van der Waals surface area contributed by atoms with Gasteiger partial charge in [0.2, 0.25) is 11.8 Å². The summed E-state index contributed by atoms with van der Waals surface area (Å²) in [6, 6.07) is 10.9. The van der Waals surface area contributed by atoms with Crippen LogP contribution >= 0.6 is 11.3 Å². The first-order chi connectivity index (χ1) is 16.5. The highest BCUT2D eigenvalue weighted by Crippen LogP contribution is 2.39. The number of urea groups is 1. The molecule has 5 rings (SSSR count). The van der Waals surface area contributed by atoms with Gasteiger partial charge >= 0.3 is 6.03 Å². The van der Waals surface area contributed by atoms with Gasteiger partial charge in [0.15, 0.2) is 0 Å². The maximum atomic E-state index is 13.5. The number of aromatic nitrogens is 2. The molecule has 0 saturated carbocycles. The predicted octanol–water partition coefficient (Wildman–Crippen LogP) is 3.32. The van der Waals surface area contributed by atoms with E-state index in [4.69, 9.17) is 4.42 Å². The van der Waals surface area contributed by atoms with Crippen molar-refractivity contribution in [2.45, 2.75) is 44.7 Å². The van der Waals surface area contributed by atoms with Crippen LogP contribution in [0.1, 0.15) is 43.2 Å². The van der Waals surface area contributed by atoms with E-state index in [-0.39, 0.29) is 24.9 Å². The molecule has 176 valence electrons. The zero-order chi connectivity index (χ0) is 23.7. The van der Waals surface area contributed by atoms with Gasteiger partial charge in [-0.05, 0) is 48.3 Å². The Balaban J connectivity index is 1.32. The van der Waals surface area contributed by atoms with Crippen molar-refractivity contribution in [3.8, 4) is 10.8 Å². The van der Waals surface area contributed by atoms with Crippen LogP contribution in [0.4, 0.5) is 4.79 Å². The van der Waals surface area contributed by atoms with Crippen molar-refractivity contribution in [3.05, 3.63) is 58.8 Å². The first-order valence-corrected chi connectivity index (χ1v) is 12.3. The third-order valence-electron chi connectivity index (χ3n) is 6.32. The van der Waals surface area contributed by atoms with E-state index >= 15 is 0 Å². The summed E-state index contributed by atoms with van der Waals surface area (Å²) in [5, 5.41) is 12.9. The molecule has 3 aromatic rings. The molecule has 1 aliphatic carbocycles. The Bertz CT molecular complexity index is 1220. The van der Waals surface area contributed by atoms with Gasteiger partial charge in [-0.15, -0.1) is 21.5 Å². The average molecular weight is 480 g/mol. The summed E-state index contributed by atoms with van der Waals surface area (Å²) in [6.45, 7) is 2.17. The second-order valence-electron chi connectivity index (χ2n) is 8.53. The molecule has 4 amide bonds. The van der Waals surface area contributed by atoms with Gasteiger partial charge in [-0.1, -0.05) is 37.3 Å². The maximum absolute atomic E-state index is 13.5. The molecular formula is C24H25N5O4S. The third-order valence-corrected chi connectivity index (χ3v) is 7.17. The van der Waals surface area contributed by atoms with Crippen LogP contribution in [-0.2, 0) is 28.1 Å². The number of aryl methyl sites for hydroxylation is 1. The van der Waals surface area contributed by atoms with Crippen molar-refractivity contribution < 1.29 is 18.8 Å². The van der Waals surface area contributed by atoms with Crippen molar-refractivity contribution in [1.29, 1.82) is 0 Å². The summed E-state index contributed by atoms with van der Waals surface area (Å²) in [5.41, 5.74) is 0.789. The number of carbonyl (C=O) groups is 3. The Labute approximate surface area is 200 Å². The number of amides is 4. The predicted molar refractivity (Wildman–Crippen MR) is 125 cm³/mol. The number of imide groups is 1. The Kier molecular flexibility index (Phi) is 5.91. The Morgan fingerprint density at radius 1 is 1.24 bits per heavy atom. The molecule has 2 aliphatic rings. The fraction of sp³-hybridized carbons (Fsp3) is 0.375.